The highest BCUT2D eigenvalue weighted by molar-refractivity contribution is 5.19. The van der Waals surface area contributed by atoms with Gasteiger partial charge < -0.3 is 9.47 Å². The van der Waals surface area contributed by atoms with Crippen LogP contribution in [0.1, 0.15) is 44.0 Å². The summed E-state index contributed by atoms with van der Waals surface area (Å²) in [5, 5.41) is 0. The highest BCUT2D eigenvalue weighted by atomic mass is 19.2. The minimum Gasteiger partial charge on any atom is -0.348 e. The highest BCUT2D eigenvalue weighted by Crippen LogP contribution is 2.38. The molecular formula is C19H24F2O2. The summed E-state index contributed by atoms with van der Waals surface area (Å²) >= 11 is 0. The molecule has 0 spiro atoms. The van der Waals surface area contributed by atoms with Gasteiger partial charge in [-0.05, 0) is 56.1 Å². The number of halogens is 2. The second-order valence-electron chi connectivity index (χ2n) is 6.74. The standard InChI is InChI=1S/C19H24F2O2/c1-2-3-13-4-6-14(7-5-13)16-11-22-19(23-12-16)15-8-9-17(20)18(21)10-15/h2,8-10,13-14,16,19H,1,3-7,11-12H2. The fourth-order valence-corrected chi connectivity index (χ4v) is 3.77. The first-order chi connectivity index (χ1) is 11.2. The first-order valence-electron chi connectivity index (χ1n) is 8.46. The van der Waals surface area contributed by atoms with E-state index >= 15 is 0 Å². The summed E-state index contributed by atoms with van der Waals surface area (Å²) in [6, 6.07) is 3.79. The summed E-state index contributed by atoms with van der Waals surface area (Å²) in [5.74, 6) is 0.114. The molecule has 2 aliphatic rings. The average Bonchev–Trinajstić information content (AvgIpc) is 2.59. The van der Waals surface area contributed by atoms with Crippen molar-refractivity contribution < 1.29 is 18.3 Å². The van der Waals surface area contributed by atoms with E-state index in [9.17, 15) is 8.78 Å². The zero-order chi connectivity index (χ0) is 16.2. The number of benzene rings is 1. The van der Waals surface area contributed by atoms with Gasteiger partial charge in [0.25, 0.3) is 0 Å². The van der Waals surface area contributed by atoms with Crippen LogP contribution in [0.2, 0.25) is 0 Å². The van der Waals surface area contributed by atoms with Crippen LogP contribution in [-0.4, -0.2) is 13.2 Å². The molecule has 2 fully saturated rings. The van der Waals surface area contributed by atoms with Crippen molar-refractivity contribution in [1.29, 1.82) is 0 Å². The molecule has 1 aromatic rings. The lowest BCUT2D eigenvalue weighted by molar-refractivity contribution is -0.214. The molecule has 1 aliphatic heterocycles. The molecule has 1 saturated carbocycles. The van der Waals surface area contributed by atoms with Crippen LogP contribution in [0.5, 0.6) is 0 Å². The van der Waals surface area contributed by atoms with Crippen molar-refractivity contribution in [2.45, 2.75) is 38.4 Å². The number of rotatable bonds is 4. The van der Waals surface area contributed by atoms with E-state index in [-0.39, 0.29) is 0 Å². The topological polar surface area (TPSA) is 18.5 Å². The maximum atomic E-state index is 13.3. The Morgan fingerprint density at radius 3 is 2.30 bits per heavy atom. The number of hydrogen-bond donors (Lipinski definition) is 0. The van der Waals surface area contributed by atoms with E-state index in [0.717, 1.165) is 24.5 Å². The Balaban J connectivity index is 1.50. The highest BCUT2D eigenvalue weighted by Gasteiger charge is 2.32. The molecular weight excluding hydrogens is 298 g/mol. The van der Waals surface area contributed by atoms with Crippen molar-refractivity contribution in [3.8, 4) is 0 Å². The maximum absolute atomic E-state index is 13.3. The minimum absolute atomic E-state index is 0.404. The largest absolute Gasteiger partial charge is 0.348 e. The van der Waals surface area contributed by atoms with E-state index in [2.05, 4.69) is 6.58 Å². The van der Waals surface area contributed by atoms with Gasteiger partial charge in [0.2, 0.25) is 0 Å². The third kappa shape index (κ3) is 3.99. The third-order valence-electron chi connectivity index (χ3n) is 5.20. The van der Waals surface area contributed by atoms with Gasteiger partial charge in [-0.2, -0.15) is 0 Å². The zero-order valence-corrected chi connectivity index (χ0v) is 13.3. The van der Waals surface area contributed by atoms with Crippen molar-refractivity contribution in [2.24, 2.45) is 17.8 Å². The monoisotopic (exact) mass is 322 g/mol. The van der Waals surface area contributed by atoms with Crippen molar-refractivity contribution >= 4 is 0 Å². The SMILES string of the molecule is C=CCC1CCC(C2COC(c3ccc(F)c(F)c3)OC2)CC1. The van der Waals surface area contributed by atoms with Gasteiger partial charge in [-0.15, -0.1) is 6.58 Å². The van der Waals surface area contributed by atoms with Crippen molar-refractivity contribution in [3.63, 3.8) is 0 Å². The summed E-state index contributed by atoms with van der Waals surface area (Å²) in [4.78, 5) is 0. The Kier molecular flexibility index (Phi) is 5.44. The summed E-state index contributed by atoms with van der Waals surface area (Å²) in [6.45, 7) is 5.07. The lowest BCUT2D eigenvalue weighted by atomic mass is 9.75. The van der Waals surface area contributed by atoms with Crippen molar-refractivity contribution in [3.05, 3.63) is 48.1 Å². The van der Waals surface area contributed by atoms with Gasteiger partial charge in [0.1, 0.15) is 0 Å². The summed E-state index contributed by atoms with van der Waals surface area (Å²) < 4.78 is 37.8. The molecule has 1 saturated heterocycles. The normalized spacial score (nSPS) is 31.7. The van der Waals surface area contributed by atoms with Gasteiger partial charge in [-0.3, -0.25) is 0 Å². The molecule has 0 unspecified atom stereocenters. The molecule has 0 N–H and O–H groups in total. The average molecular weight is 322 g/mol. The molecule has 0 radical (unpaired) electrons. The summed E-state index contributed by atoms with van der Waals surface area (Å²) in [5.41, 5.74) is 0.539. The van der Waals surface area contributed by atoms with Gasteiger partial charge in [0.15, 0.2) is 17.9 Å². The van der Waals surface area contributed by atoms with E-state index < -0.39 is 17.9 Å². The Hall–Kier alpha value is -1.26. The molecule has 2 nitrogen and oxygen atoms in total. The van der Waals surface area contributed by atoms with E-state index in [4.69, 9.17) is 9.47 Å². The summed E-state index contributed by atoms with van der Waals surface area (Å²) in [6.07, 6.45) is 7.47. The fourth-order valence-electron chi connectivity index (χ4n) is 3.77. The van der Waals surface area contributed by atoms with Crippen LogP contribution in [0.3, 0.4) is 0 Å². The zero-order valence-electron chi connectivity index (χ0n) is 13.3. The molecule has 1 aliphatic carbocycles. The maximum Gasteiger partial charge on any atom is 0.183 e. The Morgan fingerprint density at radius 2 is 1.70 bits per heavy atom. The number of hydrogen-bond acceptors (Lipinski definition) is 2. The molecule has 0 atom stereocenters. The van der Waals surface area contributed by atoms with Gasteiger partial charge in [-0.25, -0.2) is 8.78 Å². The van der Waals surface area contributed by atoms with Crippen LogP contribution in [0.25, 0.3) is 0 Å². The van der Waals surface area contributed by atoms with Gasteiger partial charge in [-0.1, -0.05) is 12.1 Å². The molecule has 1 aromatic carbocycles. The van der Waals surface area contributed by atoms with Crippen LogP contribution in [-0.2, 0) is 9.47 Å². The second kappa shape index (κ2) is 7.54. The molecule has 0 amide bonds. The van der Waals surface area contributed by atoms with Gasteiger partial charge in [0, 0.05) is 11.5 Å². The lowest BCUT2D eigenvalue weighted by Gasteiger charge is -2.37. The fraction of sp³-hybridized carbons (Fsp3) is 0.579. The Labute approximate surface area is 136 Å². The van der Waals surface area contributed by atoms with Crippen LogP contribution < -0.4 is 0 Å². The van der Waals surface area contributed by atoms with Crippen LogP contribution in [0.15, 0.2) is 30.9 Å². The first kappa shape index (κ1) is 16.6. The van der Waals surface area contributed by atoms with E-state index in [1.54, 1.807) is 0 Å². The van der Waals surface area contributed by atoms with Crippen LogP contribution in [0, 0.1) is 29.4 Å². The molecule has 23 heavy (non-hydrogen) atoms. The molecule has 0 bridgehead atoms. The lowest BCUT2D eigenvalue weighted by Crippen LogP contribution is -2.34. The predicted octanol–water partition coefficient (Wildman–Crippen LogP) is 5.01. The minimum atomic E-state index is -0.864. The second-order valence-corrected chi connectivity index (χ2v) is 6.74. The predicted molar refractivity (Wildman–Crippen MR) is 84.8 cm³/mol. The van der Waals surface area contributed by atoms with Gasteiger partial charge >= 0.3 is 0 Å². The number of ether oxygens (including phenoxy) is 2. The van der Waals surface area contributed by atoms with Crippen LogP contribution in [0.4, 0.5) is 8.78 Å². The Bertz CT molecular complexity index is 530. The van der Waals surface area contributed by atoms with E-state index in [1.165, 1.54) is 31.7 Å². The van der Waals surface area contributed by atoms with Crippen molar-refractivity contribution in [1.82, 2.24) is 0 Å². The number of allylic oxidation sites excluding steroid dienone is 1. The summed E-state index contributed by atoms with van der Waals surface area (Å²) in [7, 11) is 0. The van der Waals surface area contributed by atoms with Gasteiger partial charge in [0.05, 0.1) is 13.2 Å². The molecule has 126 valence electrons. The van der Waals surface area contributed by atoms with Crippen molar-refractivity contribution in [2.75, 3.05) is 13.2 Å². The molecule has 0 aromatic heterocycles. The van der Waals surface area contributed by atoms with E-state index in [1.807, 2.05) is 6.08 Å². The molecule has 4 heteroatoms. The Morgan fingerprint density at radius 1 is 1.00 bits per heavy atom. The smallest absolute Gasteiger partial charge is 0.183 e. The van der Waals surface area contributed by atoms with E-state index in [0.29, 0.717) is 30.6 Å². The first-order valence-corrected chi connectivity index (χ1v) is 8.46. The quantitative estimate of drug-likeness (QED) is 0.726. The molecule has 1 heterocycles. The molecule has 3 rings (SSSR count). The van der Waals surface area contributed by atoms with Crippen LogP contribution >= 0.6 is 0 Å². The third-order valence-corrected chi connectivity index (χ3v) is 5.20.